The highest BCUT2D eigenvalue weighted by molar-refractivity contribution is 7.37. The second kappa shape index (κ2) is 2.66. The van der Waals surface area contributed by atoms with E-state index in [9.17, 15) is 0 Å². The normalized spacial score (nSPS) is 12.0. The molecule has 32 valence electrons. The summed E-state index contributed by atoms with van der Waals surface area (Å²) in [5.74, 6) is 0. The fraction of sp³-hybridized carbons (Fsp3) is 1.00. The fourth-order valence-electron chi connectivity index (χ4n) is 0. The molecule has 0 nitrogen and oxygen atoms in total. The summed E-state index contributed by atoms with van der Waals surface area (Å²) < 4.78 is 0. The van der Waals surface area contributed by atoms with Crippen molar-refractivity contribution in [2.45, 2.75) is 19.5 Å². The summed E-state index contributed by atoms with van der Waals surface area (Å²) in [5, 5.41) is 0. The van der Waals surface area contributed by atoms with Crippen LogP contribution in [0.5, 0.6) is 0 Å². The van der Waals surface area contributed by atoms with Gasteiger partial charge in [0, 0.05) is 0 Å². The van der Waals surface area contributed by atoms with E-state index in [-0.39, 0.29) is 0 Å². The maximum absolute atomic E-state index is 2.23. The van der Waals surface area contributed by atoms with Crippen molar-refractivity contribution in [2.75, 3.05) is 6.66 Å². The molecule has 0 rings (SSSR count). The lowest BCUT2D eigenvalue weighted by Gasteiger charge is -1.91. The van der Waals surface area contributed by atoms with E-state index in [0.717, 1.165) is 14.2 Å². The predicted molar refractivity (Wildman–Crippen MR) is 29.4 cm³/mol. The molecule has 1 atom stereocenters. The minimum atomic E-state index is 0.912. The first-order valence-corrected chi connectivity index (χ1v) is 3.52. The van der Waals surface area contributed by atoms with Gasteiger partial charge in [-0.3, -0.25) is 0 Å². The van der Waals surface area contributed by atoms with E-state index in [2.05, 4.69) is 20.5 Å². The lowest BCUT2D eigenvalue weighted by Crippen LogP contribution is -1.76. The summed E-state index contributed by atoms with van der Waals surface area (Å²) in [7, 11) is 1.11. The largest absolute Gasteiger partial charge is 0.123 e. The molecule has 0 spiro atoms. The predicted octanol–water partition coefficient (Wildman–Crippen LogP) is 1.70. The van der Waals surface area contributed by atoms with E-state index in [1.54, 1.807) is 0 Å². The van der Waals surface area contributed by atoms with Gasteiger partial charge >= 0.3 is 0 Å². The second-order valence-corrected chi connectivity index (χ2v) is 3.18. The number of hydrogen-bond acceptors (Lipinski definition) is 0. The van der Waals surface area contributed by atoms with Crippen molar-refractivity contribution in [3.05, 3.63) is 0 Å². The quantitative estimate of drug-likeness (QED) is 0.430. The van der Waals surface area contributed by atoms with Gasteiger partial charge in [-0.25, -0.2) is 0 Å². The van der Waals surface area contributed by atoms with Crippen LogP contribution in [0.15, 0.2) is 0 Å². The minimum Gasteiger partial charge on any atom is -0.123 e. The molecule has 0 aromatic heterocycles. The van der Waals surface area contributed by atoms with Crippen LogP contribution in [-0.2, 0) is 0 Å². The van der Waals surface area contributed by atoms with Gasteiger partial charge in [0.25, 0.3) is 0 Å². The van der Waals surface area contributed by atoms with Gasteiger partial charge in [-0.1, -0.05) is 13.8 Å². The van der Waals surface area contributed by atoms with Crippen LogP contribution >= 0.6 is 8.58 Å². The molecule has 0 N–H and O–H groups in total. The van der Waals surface area contributed by atoms with Crippen molar-refractivity contribution in [1.29, 1.82) is 0 Å². The standard InChI is InChI=1S/C4H11P/c1-4(2)5-3/h4-5H,1-3H3. The summed E-state index contributed by atoms with van der Waals surface area (Å²) >= 11 is 0. The van der Waals surface area contributed by atoms with Gasteiger partial charge in [0.1, 0.15) is 0 Å². The van der Waals surface area contributed by atoms with Crippen LogP contribution in [0.3, 0.4) is 0 Å². The zero-order chi connectivity index (χ0) is 4.28. The maximum atomic E-state index is 2.23. The molecule has 0 heterocycles. The third-order valence-electron chi connectivity index (χ3n) is 0.577. The zero-order valence-corrected chi connectivity index (χ0v) is 5.08. The first-order valence-electron chi connectivity index (χ1n) is 1.94. The highest BCUT2D eigenvalue weighted by Gasteiger charge is 1.79. The molecule has 0 aromatic rings. The average molecular weight is 90.1 g/mol. The van der Waals surface area contributed by atoms with Crippen LogP contribution in [0.4, 0.5) is 0 Å². The Morgan fingerprint density at radius 2 is 1.60 bits per heavy atom. The molecule has 0 fully saturated rings. The molecule has 1 heteroatoms. The van der Waals surface area contributed by atoms with Crippen LogP contribution in [0.25, 0.3) is 0 Å². The first kappa shape index (κ1) is 5.43. The summed E-state index contributed by atoms with van der Waals surface area (Å²) in [6.45, 7) is 6.70. The van der Waals surface area contributed by atoms with Crippen molar-refractivity contribution in [3.8, 4) is 0 Å². The fourth-order valence-corrected chi connectivity index (χ4v) is 0. The van der Waals surface area contributed by atoms with Crippen LogP contribution in [0, 0.1) is 0 Å². The summed E-state index contributed by atoms with van der Waals surface area (Å²) in [6.07, 6.45) is 0. The van der Waals surface area contributed by atoms with Crippen LogP contribution in [0.2, 0.25) is 0 Å². The van der Waals surface area contributed by atoms with Gasteiger partial charge in [-0.15, -0.1) is 8.58 Å². The molecule has 0 bridgehead atoms. The monoisotopic (exact) mass is 90.1 g/mol. The molecular formula is C4H11P. The van der Waals surface area contributed by atoms with Crippen LogP contribution in [0.1, 0.15) is 13.8 Å². The molecule has 0 radical (unpaired) electrons. The van der Waals surface area contributed by atoms with Gasteiger partial charge in [0.2, 0.25) is 0 Å². The smallest absolute Gasteiger partial charge is 0.0296 e. The van der Waals surface area contributed by atoms with Crippen molar-refractivity contribution < 1.29 is 0 Å². The Kier molecular flexibility index (Phi) is 2.88. The first-order chi connectivity index (χ1) is 2.27. The number of rotatable bonds is 1. The van der Waals surface area contributed by atoms with Crippen LogP contribution in [-0.4, -0.2) is 12.3 Å². The Morgan fingerprint density at radius 3 is 1.60 bits per heavy atom. The Balaban J connectivity index is 2.54. The van der Waals surface area contributed by atoms with E-state index in [4.69, 9.17) is 0 Å². The van der Waals surface area contributed by atoms with Crippen LogP contribution < -0.4 is 0 Å². The summed E-state index contributed by atoms with van der Waals surface area (Å²) in [5.41, 5.74) is 0.912. The summed E-state index contributed by atoms with van der Waals surface area (Å²) in [6, 6.07) is 0. The Morgan fingerprint density at radius 1 is 1.40 bits per heavy atom. The zero-order valence-electron chi connectivity index (χ0n) is 4.08. The molecule has 0 aliphatic rings. The molecule has 0 aliphatic carbocycles. The highest BCUT2D eigenvalue weighted by Crippen LogP contribution is 2.09. The minimum absolute atomic E-state index is 0.912. The molecule has 0 amide bonds. The lowest BCUT2D eigenvalue weighted by molar-refractivity contribution is 1.11. The van der Waals surface area contributed by atoms with Gasteiger partial charge < -0.3 is 0 Å². The van der Waals surface area contributed by atoms with Crippen molar-refractivity contribution >= 4 is 8.58 Å². The summed E-state index contributed by atoms with van der Waals surface area (Å²) in [4.78, 5) is 0. The van der Waals surface area contributed by atoms with Crippen molar-refractivity contribution in [2.24, 2.45) is 0 Å². The van der Waals surface area contributed by atoms with E-state index in [0.29, 0.717) is 0 Å². The molecule has 0 saturated carbocycles. The van der Waals surface area contributed by atoms with Crippen molar-refractivity contribution in [3.63, 3.8) is 0 Å². The second-order valence-electron chi connectivity index (χ2n) is 1.44. The van der Waals surface area contributed by atoms with E-state index in [1.165, 1.54) is 0 Å². The molecular weight excluding hydrogens is 79.0 g/mol. The molecule has 0 aromatic carbocycles. The number of hydrogen-bond donors (Lipinski definition) is 0. The molecule has 5 heavy (non-hydrogen) atoms. The SMILES string of the molecule is CPC(C)C. The third-order valence-corrected chi connectivity index (χ3v) is 1.73. The van der Waals surface area contributed by atoms with E-state index < -0.39 is 0 Å². The van der Waals surface area contributed by atoms with Gasteiger partial charge in [-0.2, -0.15) is 0 Å². The topological polar surface area (TPSA) is 0 Å². The molecule has 0 aliphatic heterocycles. The highest BCUT2D eigenvalue weighted by atomic mass is 31.1. The van der Waals surface area contributed by atoms with Gasteiger partial charge in [0.05, 0.1) is 0 Å². The Labute approximate surface area is 35.7 Å². The Hall–Kier alpha value is 0.430. The third kappa shape index (κ3) is 4.43. The molecule has 0 saturated heterocycles. The van der Waals surface area contributed by atoms with Crippen molar-refractivity contribution in [1.82, 2.24) is 0 Å². The van der Waals surface area contributed by atoms with Gasteiger partial charge in [-0.05, 0) is 12.3 Å². The maximum Gasteiger partial charge on any atom is -0.0296 e. The van der Waals surface area contributed by atoms with Gasteiger partial charge in [0.15, 0.2) is 0 Å². The lowest BCUT2D eigenvalue weighted by atomic mass is 10.6. The van der Waals surface area contributed by atoms with E-state index in [1.807, 2.05) is 0 Å². The molecule has 1 unspecified atom stereocenters. The Bertz CT molecular complexity index is 17.6. The van der Waals surface area contributed by atoms with E-state index >= 15 is 0 Å². The average Bonchev–Trinajstić information content (AvgIpc) is 1.38.